The van der Waals surface area contributed by atoms with Crippen molar-refractivity contribution < 1.29 is 13.9 Å². The van der Waals surface area contributed by atoms with E-state index in [9.17, 15) is 4.79 Å². The zero-order chi connectivity index (χ0) is 19.9. The number of rotatable bonds is 7. The second-order valence-electron chi connectivity index (χ2n) is 7.15. The Morgan fingerprint density at radius 3 is 2.79 bits per heavy atom. The SMILES string of the molecule is O=C(Nc1cccc(COCc2ccco2)c1)c1cccnc1N1CCCCC1. The lowest BCUT2D eigenvalue weighted by Crippen LogP contribution is -2.32. The normalized spacial score (nSPS) is 14.0. The van der Waals surface area contributed by atoms with E-state index in [0.29, 0.717) is 18.8 Å². The van der Waals surface area contributed by atoms with Crippen molar-refractivity contribution in [2.24, 2.45) is 0 Å². The zero-order valence-corrected chi connectivity index (χ0v) is 16.3. The molecule has 1 amide bonds. The van der Waals surface area contributed by atoms with Gasteiger partial charge in [-0.1, -0.05) is 12.1 Å². The molecule has 0 saturated carbocycles. The van der Waals surface area contributed by atoms with E-state index >= 15 is 0 Å². The molecule has 6 nitrogen and oxygen atoms in total. The molecule has 29 heavy (non-hydrogen) atoms. The number of nitrogens with zero attached hydrogens (tertiary/aromatic N) is 2. The summed E-state index contributed by atoms with van der Waals surface area (Å²) in [6, 6.07) is 15.1. The fraction of sp³-hybridized carbons (Fsp3) is 0.304. The van der Waals surface area contributed by atoms with Crippen molar-refractivity contribution in [2.45, 2.75) is 32.5 Å². The summed E-state index contributed by atoms with van der Waals surface area (Å²) in [5, 5.41) is 3.00. The standard InChI is InChI=1S/C23H25N3O3/c27-23(21-10-5-11-24-22(21)26-12-2-1-3-13-26)25-19-8-4-7-18(15-19)16-28-17-20-9-6-14-29-20/h4-11,14-15H,1-3,12-13,16-17H2,(H,25,27). The number of furan rings is 1. The van der Waals surface area contributed by atoms with Crippen LogP contribution in [-0.4, -0.2) is 24.0 Å². The summed E-state index contributed by atoms with van der Waals surface area (Å²) < 4.78 is 11.0. The van der Waals surface area contributed by atoms with Crippen LogP contribution in [0.1, 0.15) is 40.9 Å². The van der Waals surface area contributed by atoms with Gasteiger partial charge < -0.3 is 19.4 Å². The lowest BCUT2D eigenvalue weighted by atomic mass is 10.1. The van der Waals surface area contributed by atoms with Crippen molar-refractivity contribution in [2.75, 3.05) is 23.3 Å². The Hall–Kier alpha value is -3.12. The number of benzene rings is 1. The van der Waals surface area contributed by atoms with Gasteiger partial charge in [-0.3, -0.25) is 4.79 Å². The summed E-state index contributed by atoms with van der Waals surface area (Å²) in [7, 11) is 0. The van der Waals surface area contributed by atoms with Crippen molar-refractivity contribution in [1.82, 2.24) is 4.98 Å². The highest BCUT2D eigenvalue weighted by Crippen LogP contribution is 2.23. The first-order chi connectivity index (χ1) is 14.3. The lowest BCUT2D eigenvalue weighted by Gasteiger charge is -2.29. The van der Waals surface area contributed by atoms with Crippen molar-refractivity contribution >= 4 is 17.4 Å². The number of anilines is 2. The first kappa shape index (κ1) is 19.2. The number of amides is 1. The molecule has 0 atom stereocenters. The van der Waals surface area contributed by atoms with Gasteiger partial charge in [0.1, 0.15) is 18.2 Å². The minimum absolute atomic E-state index is 0.146. The van der Waals surface area contributed by atoms with E-state index < -0.39 is 0 Å². The van der Waals surface area contributed by atoms with Gasteiger partial charge in [0.15, 0.2) is 0 Å². The maximum atomic E-state index is 12.9. The second kappa shape index (κ2) is 9.39. The number of pyridine rings is 1. The van der Waals surface area contributed by atoms with Crippen molar-refractivity contribution in [3.05, 3.63) is 77.9 Å². The largest absolute Gasteiger partial charge is 0.467 e. The fourth-order valence-electron chi connectivity index (χ4n) is 3.53. The first-order valence-corrected chi connectivity index (χ1v) is 10.00. The Morgan fingerprint density at radius 1 is 1.07 bits per heavy atom. The topological polar surface area (TPSA) is 67.6 Å². The van der Waals surface area contributed by atoms with E-state index in [4.69, 9.17) is 9.15 Å². The highest BCUT2D eigenvalue weighted by atomic mass is 16.5. The molecule has 1 saturated heterocycles. The smallest absolute Gasteiger partial charge is 0.259 e. The molecule has 6 heteroatoms. The van der Waals surface area contributed by atoms with Crippen molar-refractivity contribution in [1.29, 1.82) is 0 Å². The summed E-state index contributed by atoms with van der Waals surface area (Å²) in [6.45, 7) is 2.74. The molecule has 4 rings (SSSR count). The minimum Gasteiger partial charge on any atom is -0.467 e. The predicted octanol–water partition coefficient (Wildman–Crippen LogP) is 4.63. The second-order valence-corrected chi connectivity index (χ2v) is 7.15. The van der Waals surface area contributed by atoms with Gasteiger partial charge in [0.2, 0.25) is 0 Å². The van der Waals surface area contributed by atoms with E-state index in [1.165, 1.54) is 6.42 Å². The molecule has 1 fully saturated rings. The number of carbonyl (C=O) groups excluding carboxylic acids is 1. The van der Waals surface area contributed by atoms with Gasteiger partial charge in [0, 0.05) is 25.0 Å². The first-order valence-electron chi connectivity index (χ1n) is 10.00. The average molecular weight is 391 g/mol. The Bertz CT molecular complexity index is 934. The maximum absolute atomic E-state index is 12.9. The third-order valence-electron chi connectivity index (χ3n) is 4.96. The van der Waals surface area contributed by atoms with Gasteiger partial charge >= 0.3 is 0 Å². The quantitative estimate of drug-likeness (QED) is 0.636. The predicted molar refractivity (Wildman–Crippen MR) is 112 cm³/mol. The van der Waals surface area contributed by atoms with Crippen LogP contribution in [0.4, 0.5) is 11.5 Å². The molecular formula is C23H25N3O3. The number of ether oxygens (including phenoxy) is 1. The van der Waals surface area contributed by atoms with Gasteiger partial charge in [-0.15, -0.1) is 0 Å². The van der Waals surface area contributed by atoms with E-state index in [2.05, 4.69) is 15.2 Å². The van der Waals surface area contributed by atoms with Gasteiger partial charge in [-0.2, -0.15) is 0 Å². The van der Waals surface area contributed by atoms with Crippen LogP contribution in [0, 0.1) is 0 Å². The maximum Gasteiger partial charge on any atom is 0.259 e. The monoisotopic (exact) mass is 391 g/mol. The summed E-state index contributed by atoms with van der Waals surface area (Å²) in [5.41, 5.74) is 2.33. The van der Waals surface area contributed by atoms with Crippen LogP contribution in [0.5, 0.6) is 0 Å². The van der Waals surface area contributed by atoms with Crippen molar-refractivity contribution in [3.8, 4) is 0 Å². The summed E-state index contributed by atoms with van der Waals surface area (Å²) in [5.74, 6) is 1.41. The molecule has 150 valence electrons. The molecule has 1 aliphatic heterocycles. The van der Waals surface area contributed by atoms with Crippen molar-refractivity contribution in [3.63, 3.8) is 0 Å². The molecular weight excluding hydrogens is 366 g/mol. The van der Waals surface area contributed by atoms with Crippen LogP contribution >= 0.6 is 0 Å². The van der Waals surface area contributed by atoms with E-state index in [-0.39, 0.29) is 5.91 Å². The van der Waals surface area contributed by atoms with Crippen LogP contribution in [0.25, 0.3) is 0 Å². The summed E-state index contributed by atoms with van der Waals surface area (Å²) in [6.07, 6.45) is 6.89. The number of hydrogen-bond acceptors (Lipinski definition) is 5. The highest BCUT2D eigenvalue weighted by molar-refractivity contribution is 6.07. The Morgan fingerprint density at radius 2 is 1.97 bits per heavy atom. The average Bonchev–Trinajstić information content (AvgIpc) is 3.28. The van der Waals surface area contributed by atoms with Gasteiger partial charge in [0.25, 0.3) is 5.91 Å². The fourth-order valence-corrected chi connectivity index (χ4v) is 3.53. The Balaban J connectivity index is 1.41. The molecule has 3 heterocycles. The molecule has 1 aromatic carbocycles. The minimum atomic E-state index is -0.146. The van der Waals surface area contributed by atoms with Crippen LogP contribution in [-0.2, 0) is 18.0 Å². The van der Waals surface area contributed by atoms with Crippen LogP contribution in [0.15, 0.2) is 65.4 Å². The molecule has 0 aliphatic carbocycles. The number of nitrogens with one attached hydrogen (secondary N) is 1. The van der Waals surface area contributed by atoms with Crippen LogP contribution < -0.4 is 10.2 Å². The molecule has 0 bridgehead atoms. The number of hydrogen-bond donors (Lipinski definition) is 1. The van der Waals surface area contributed by atoms with Gasteiger partial charge in [-0.05, 0) is 61.2 Å². The zero-order valence-electron chi connectivity index (χ0n) is 16.3. The van der Waals surface area contributed by atoms with Crippen LogP contribution in [0.3, 0.4) is 0 Å². The summed E-state index contributed by atoms with van der Waals surface area (Å²) in [4.78, 5) is 19.6. The van der Waals surface area contributed by atoms with E-state index in [1.54, 1.807) is 18.5 Å². The van der Waals surface area contributed by atoms with Gasteiger partial charge in [0.05, 0.1) is 18.4 Å². The van der Waals surface area contributed by atoms with E-state index in [0.717, 1.165) is 48.8 Å². The molecule has 1 aliphatic rings. The van der Waals surface area contributed by atoms with Gasteiger partial charge in [-0.25, -0.2) is 4.98 Å². The molecule has 1 N–H and O–H groups in total. The summed E-state index contributed by atoms with van der Waals surface area (Å²) >= 11 is 0. The lowest BCUT2D eigenvalue weighted by molar-refractivity contribution is 0.0929. The Labute approximate surface area is 170 Å². The number of piperidine rings is 1. The third-order valence-corrected chi connectivity index (χ3v) is 4.96. The molecule has 0 radical (unpaired) electrons. The van der Waals surface area contributed by atoms with Crippen LogP contribution in [0.2, 0.25) is 0 Å². The Kier molecular flexibility index (Phi) is 6.22. The molecule has 2 aromatic heterocycles. The van der Waals surface area contributed by atoms with E-state index in [1.807, 2.05) is 42.5 Å². The molecule has 3 aromatic rings. The molecule has 0 unspecified atom stereocenters. The highest BCUT2D eigenvalue weighted by Gasteiger charge is 2.19. The number of carbonyl (C=O) groups is 1. The third kappa shape index (κ3) is 5.03. The molecule has 0 spiro atoms. The number of aromatic nitrogens is 1.